The van der Waals surface area contributed by atoms with Gasteiger partial charge in [0.2, 0.25) is 0 Å². The fraction of sp³-hybridized carbons (Fsp3) is 0.273. The maximum Gasteiger partial charge on any atom is 0.307 e. The van der Waals surface area contributed by atoms with Crippen molar-refractivity contribution in [1.29, 1.82) is 0 Å². The number of fused-ring (bicyclic) bond motifs is 1. The van der Waals surface area contributed by atoms with Gasteiger partial charge < -0.3 is 9.84 Å². The number of hydrogen-bond donors (Lipinski definition) is 1. The molecule has 0 saturated heterocycles. The number of rotatable bonds is 7. The summed E-state index contributed by atoms with van der Waals surface area (Å²) in [6.07, 6.45) is -0.0686. The average Bonchev–Trinajstić information content (AvgIpc) is 2.97. The maximum absolute atomic E-state index is 10.8. The van der Waals surface area contributed by atoms with Gasteiger partial charge in [0.25, 0.3) is 0 Å². The molecule has 0 atom stereocenters. The fourth-order valence-electron chi connectivity index (χ4n) is 3.22. The van der Waals surface area contributed by atoms with E-state index in [1.54, 1.807) is 0 Å². The molecular weight excluding hydrogens is 340 g/mol. The minimum atomic E-state index is -0.884. The van der Waals surface area contributed by atoms with Gasteiger partial charge in [0.15, 0.2) is 0 Å². The van der Waals surface area contributed by atoms with Crippen molar-refractivity contribution >= 4 is 22.4 Å². The maximum atomic E-state index is 10.8. The van der Waals surface area contributed by atoms with E-state index in [2.05, 4.69) is 37.7 Å². The lowest BCUT2D eigenvalue weighted by molar-refractivity contribution is -0.135. The second-order valence-corrected chi connectivity index (χ2v) is 6.96. The van der Waals surface area contributed by atoms with E-state index >= 15 is 0 Å². The molecule has 0 bridgehead atoms. The van der Waals surface area contributed by atoms with Crippen LogP contribution in [0.15, 0.2) is 49.0 Å². The van der Waals surface area contributed by atoms with Gasteiger partial charge in [0, 0.05) is 18.0 Å². The third-order valence-corrected chi connectivity index (χ3v) is 4.55. The minimum Gasteiger partial charge on any atom is -0.489 e. The quantitative estimate of drug-likeness (QED) is 0.656. The van der Waals surface area contributed by atoms with E-state index in [0.29, 0.717) is 18.1 Å². The van der Waals surface area contributed by atoms with Crippen molar-refractivity contribution in [1.82, 2.24) is 9.78 Å². The zero-order valence-corrected chi connectivity index (χ0v) is 15.9. The average molecular weight is 364 g/mol. The Morgan fingerprint density at radius 2 is 1.93 bits per heavy atom. The van der Waals surface area contributed by atoms with Crippen molar-refractivity contribution in [2.75, 3.05) is 0 Å². The summed E-state index contributed by atoms with van der Waals surface area (Å²) in [5.41, 5.74) is 4.65. The fourth-order valence-corrected chi connectivity index (χ4v) is 3.22. The number of para-hydroxylation sites is 1. The highest BCUT2D eigenvalue weighted by Gasteiger charge is 2.14. The molecule has 0 saturated carbocycles. The highest BCUT2D eigenvalue weighted by atomic mass is 16.5. The van der Waals surface area contributed by atoms with E-state index < -0.39 is 5.97 Å². The van der Waals surface area contributed by atoms with Crippen LogP contribution in [0.25, 0.3) is 16.5 Å². The third-order valence-electron chi connectivity index (χ3n) is 4.55. The van der Waals surface area contributed by atoms with Crippen LogP contribution >= 0.6 is 0 Å². The van der Waals surface area contributed by atoms with Crippen LogP contribution in [-0.4, -0.2) is 20.9 Å². The SMILES string of the molecule is C=C(CC(=O)O)c1ccc(OCc2cccc3c(C(C)C)nn(C)c23)cc1. The number of carboxylic acid groups (broad SMARTS) is 1. The molecule has 0 fully saturated rings. The summed E-state index contributed by atoms with van der Waals surface area (Å²) in [7, 11) is 1.96. The van der Waals surface area contributed by atoms with Gasteiger partial charge in [-0.25, -0.2) is 0 Å². The number of carboxylic acids is 1. The zero-order chi connectivity index (χ0) is 19.6. The molecule has 0 spiro atoms. The molecule has 5 nitrogen and oxygen atoms in total. The Bertz CT molecular complexity index is 985. The van der Waals surface area contributed by atoms with Gasteiger partial charge in [-0.3, -0.25) is 9.48 Å². The summed E-state index contributed by atoms with van der Waals surface area (Å²) in [5, 5.41) is 14.7. The second kappa shape index (κ2) is 7.66. The Balaban J connectivity index is 1.77. The van der Waals surface area contributed by atoms with Crippen LogP contribution in [0.3, 0.4) is 0 Å². The van der Waals surface area contributed by atoms with E-state index in [1.165, 1.54) is 0 Å². The van der Waals surface area contributed by atoms with Crippen LogP contribution in [0.1, 0.15) is 43.0 Å². The molecule has 3 rings (SSSR count). The third kappa shape index (κ3) is 4.03. The molecule has 27 heavy (non-hydrogen) atoms. The molecule has 0 aliphatic heterocycles. The Kier molecular flexibility index (Phi) is 5.31. The molecule has 1 aromatic heterocycles. The van der Waals surface area contributed by atoms with Crippen molar-refractivity contribution in [3.05, 3.63) is 65.9 Å². The Labute approximate surface area is 158 Å². The Morgan fingerprint density at radius 1 is 1.22 bits per heavy atom. The van der Waals surface area contributed by atoms with Gasteiger partial charge >= 0.3 is 5.97 Å². The summed E-state index contributed by atoms with van der Waals surface area (Å²) in [5.74, 6) is 0.201. The lowest BCUT2D eigenvalue weighted by Crippen LogP contribution is -2.00. The number of aliphatic carboxylic acids is 1. The van der Waals surface area contributed by atoms with Gasteiger partial charge in [-0.15, -0.1) is 0 Å². The topological polar surface area (TPSA) is 64.3 Å². The largest absolute Gasteiger partial charge is 0.489 e. The highest BCUT2D eigenvalue weighted by molar-refractivity contribution is 5.85. The van der Waals surface area contributed by atoms with E-state index in [-0.39, 0.29) is 6.42 Å². The van der Waals surface area contributed by atoms with Crippen LogP contribution in [0.2, 0.25) is 0 Å². The first-order valence-electron chi connectivity index (χ1n) is 8.94. The highest BCUT2D eigenvalue weighted by Crippen LogP contribution is 2.28. The molecule has 0 amide bonds. The normalized spacial score (nSPS) is 11.1. The summed E-state index contributed by atoms with van der Waals surface area (Å²) in [6, 6.07) is 13.5. The standard InChI is InChI=1S/C22H24N2O3/c1-14(2)21-19-7-5-6-17(22(19)24(4)23-21)13-27-18-10-8-16(9-11-18)15(3)12-20(25)26/h5-11,14H,3,12-13H2,1-2,4H3,(H,25,26). The number of hydrogen-bond acceptors (Lipinski definition) is 3. The number of aryl methyl sites for hydroxylation is 1. The van der Waals surface area contributed by atoms with Crippen LogP contribution in [-0.2, 0) is 18.4 Å². The van der Waals surface area contributed by atoms with Gasteiger partial charge in [-0.1, -0.05) is 50.8 Å². The van der Waals surface area contributed by atoms with E-state index in [1.807, 2.05) is 42.1 Å². The second-order valence-electron chi connectivity index (χ2n) is 6.96. The van der Waals surface area contributed by atoms with E-state index in [4.69, 9.17) is 9.84 Å². The first-order chi connectivity index (χ1) is 12.9. The predicted octanol–water partition coefficient (Wildman–Crippen LogP) is 4.76. The minimum absolute atomic E-state index is 0.0686. The van der Waals surface area contributed by atoms with E-state index in [0.717, 1.165) is 33.5 Å². The van der Waals surface area contributed by atoms with Crippen molar-refractivity contribution in [3.8, 4) is 5.75 Å². The molecule has 1 heterocycles. The number of nitrogens with zero attached hydrogens (tertiary/aromatic N) is 2. The number of carbonyl (C=O) groups is 1. The monoisotopic (exact) mass is 364 g/mol. The van der Waals surface area contributed by atoms with Crippen LogP contribution in [0.4, 0.5) is 0 Å². The molecule has 1 N–H and O–H groups in total. The van der Waals surface area contributed by atoms with Crippen LogP contribution < -0.4 is 4.74 Å². The van der Waals surface area contributed by atoms with Crippen molar-refractivity contribution in [2.45, 2.75) is 32.8 Å². The lowest BCUT2D eigenvalue weighted by Gasteiger charge is -2.10. The zero-order valence-electron chi connectivity index (χ0n) is 15.9. The molecular formula is C22H24N2O3. The molecule has 5 heteroatoms. The van der Waals surface area contributed by atoms with Crippen molar-refractivity contribution in [2.24, 2.45) is 7.05 Å². The number of aromatic nitrogens is 2. The Morgan fingerprint density at radius 3 is 2.56 bits per heavy atom. The smallest absolute Gasteiger partial charge is 0.307 e. The molecule has 0 unspecified atom stereocenters. The van der Waals surface area contributed by atoms with Crippen LogP contribution in [0.5, 0.6) is 5.75 Å². The molecule has 0 aliphatic rings. The molecule has 140 valence electrons. The van der Waals surface area contributed by atoms with Gasteiger partial charge in [0.05, 0.1) is 17.6 Å². The van der Waals surface area contributed by atoms with Gasteiger partial charge in [-0.2, -0.15) is 5.10 Å². The molecule has 3 aromatic rings. The number of benzene rings is 2. The van der Waals surface area contributed by atoms with Gasteiger partial charge in [0.1, 0.15) is 12.4 Å². The number of ether oxygens (including phenoxy) is 1. The van der Waals surface area contributed by atoms with Crippen LogP contribution in [0, 0.1) is 0 Å². The van der Waals surface area contributed by atoms with Gasteiger partial charge in [-0.05, 0) is 29.2 Å². The van der Waals surface area contributed by atoms with Crippen molar-refractivity contribution in [3.63, 3.8) is 0 Å². The first-order valence-corrected chi connectivity index (χ1v) is 8.94. The van der Waals surface area contributed by atoms with Crippen molar-refractivity contribution < 1.29 is 14.6 Å². The summed E-state index contributed by atoms with van der Waals surface area (Å²) < 4.78 is 7.87. The van der Waals surface area contributed by atoms with E-state index in [9.17, 15) is 4.79 Å². The summed E-state index contributed by atoms with van der Waals surface area (Å²) in [4.78, 5) is 10.8. The molecule has 0 radical (unpaired) electrons. The molecule has 2 aromatic carbocycles. The lowest BCUT2D eigenvalue weighted by atomic mass is 10.0. The summed E-state index contributed by atoms with van der Waals surface area (Å²) >= 11 is 0. The first kappa shape index (κ1) is 18.7. The molecule has 0 aliphatic carbocycles. The predicted molar refractivity (Wildman–Crippen MR) is 107 cm³/mol. The Hall–Kier alpha value is -3.08. The summed E-state index contributed by atoms with van der Waals surface area (Å²) in [6.45, 7) is 8.54.